The van der Waals surface area contributed by atoms with Crippen LogP contribution in [0, 0.1) is 0 Å². The van der Waals surface area contributed by atoms with Crippen molar-refractivity contribution in [3.63, 3.8) is 0 Å². The first-order valence-electron chi connectivity index (χ1n) is 6.67. The molecule has 0 spiro atoms. The Bertz CT molecular complexity index is 771. The van der Waals surface area contributed by atoms with Crippen LogP contribution < -0.4 is 5.32 Å². The molecule has 1 amide bonds. The maximum Gasteiger partial charge on any atom is 0.255 e. The van der Waals surface area contributed by atoms with Gasteiger partial charge < -0.3 is 5.32 Å². The van der Waals surface area contributed by atoms with Gasteiger partial charge in [-0.3, -0.25) is 4.79 Å². The van der Waals surface area contributed by atoms with E-state index in [1.165, 1.54) is 12.4 Å². The van der Waals surface area contributed by atoms with Gasteiger partial charge in [-0.25, -0.2) is 9.97 Å². The van der Waals surface area contributed by atoms with E-state index in [1.807, 2.05) is 42.5 Å². The zero-order valence-corrected chi connectivity index (χ0v) is 12.3. The summed E-state index contributed by atoms with van der Waals surface area (Å²) < 4.78 is 0. The van der Waals surface area contributed by atoms with E-state index >= 15 is 0 Å². The van der Waals surface area contributed by atoms with Crippen LogP contribution >= 0.6 is 11.6 Å². The molecular formula is C17H12ClN3O. The van der Waals surface area contributed by atoms with Crippen LogP contribution in [0.15, 0.2) is 67.0 Å². The number of amides is 1. The Hall–Kier alpha value is -2.72. The summed E-state index contributed by atoms with van der Waals surface area (Å²) in [4.78, 5) is 19.8. The van der Waals surface area contributed by atoms with Crippen LogP contribution in [-0.2, 0) is 0 Å². The molecule has 0 saturated heterocycles. The first-order chi connectivity index (χ1) is 10.7. The van der Waals surface area contributed by atoms with Gasteiger partial charge in [0.2, 0.25) is 5.28 Å². The molecule has 108 valence electrons. The third-order valence-electron chi connectivity index (χ3n) is 3.13. The van der Waals surface area contributed by atoms with Gasteiger partial charge in [-0.05, 0) is 34.9 Å². The Morgan fingerprint density at radius 1 is 0.864 bits per heavy atom. The van der Waals surface area contributed by atoms with E-state index in [-0.39, 0.29) is 11.2 Å². The predicted molar refractivity (Wildman–Crippen MR) is 86.9 cm³/mol. The van der Waals surface area contributed by atoms with Crippen LogP contribution in [-0.4, -0.2) is 15.9 Å². The number of hydrogen-bond acceptors (Lipinski definition) is 3. The summed E-state index contributed by atoms with van der Waals surface area (Å²) in [6.45, 7) is 0. The van der Waals surface area contributed by atoms with Gasteiger partial charge in [-0.15, -0.1) is 0 Å². The maximum atomic E-state index is 12.1. The molecule has 3 rings (SSSR count). The molecular weight excluding hydrogens is 298 g/mol. The highest BCUT2D eigenvalue weighted by Crippen LogP contribution is 2.19. The van der Waals surface area contributed by atoms with Crippen molar-refractivity contribution < 1.29 is 4.79 Å². The molecule has 4 nitrogen and oxygen atoms in total. The Labute approximate surface area is 132 Å². The van der Waals surface area contributed by atoms with Crippen molar-refractivity contribution in [3.05, 3.63) is 77.8 Å². The average molecular weight is 310 g/mol. The minimum atomic E-state index is -0.217. The van der Waals surface area contributed by atoms with Crippen LogP contribution in [0.5, 0.6) is 0 Å². The van der Waals surface area contributed by atoms with Crippen LogP contribution in [0.4, 0.5) is 5.69 Å². The number of carbonyl (C=O) groups is 1. The first kappa shape index (κ1) is 14.2. The lowest BCUT2D eigenvalue weighted by molar-refractivity contribution is 0.102. The number of anilines is 1. The Kier molecular flexibility index (Phi) is 4.12. The van der Waals surface area contributed by atoms with Gasteiger partial charge >= 0.3 is 0 Å². The van der Waals surface area contributed by atoms with E-state index in [1.54, 1.807) is 12.1 Å². The highest BCUT2D eigenvalue weighted by Gasteiger charge is 2.07. The highest BCUT2D eigenvalue weighted by atomic mass is 35.5. The van der Waals surface area contributed by atoms with Gasteiger partial charge in [0, 0.05) is 5.56 Å². The Morgan fingerprint density at radius 3 is 2.09 bits per heavy atom. The van der Waals surface area contributed by atoms with Crippen LogP contribution in [0.3, 0.4) is 0 Å². The van der Waals surface area contributed by atoms with Crippen molar-refractivity contribution in [1.82, 2.24) is 9.97 Å². The quantitative estimate of drug-likeness (QED) is 0.743. The van der Waals surface area contributed by atoms with Crippen molar-refractivity contribution in [2.45, 2.75) is 0 Å². The van der Waals surface area contributed by atoms with Gasteiger partial charge in [0.05, 0.1) is 18.1 Å². The fourth-order valence-corrected chi connectivity index (χ4v) is 2.12. The molecule has 0 radical (unpaired) electrons. The highest BCUT2D eigenvalue weighted by molar-refractivity contribution is 6.28. The third-order valence-corrected chi connectivity index (χ3v) is 3.33. The SMILES string of the molecule is O=C(Nc1cnc(Cl)nc1)c1ccc(-c2ccccc2)cc1. The fourth-order valence-electron chi connectivity index (χ4n) is 2.02. The van der Waals surface area contributed by atoms with Gasteiger partial charge in [0.15, 0.2) is 0 Å². The van der Waals surface area contributed by atoms with Crippen LogP contribution in [0.2, 0.25) is 5.28 Å². The molecule has 0 atom stereocenters. The molecule has 5 heteroatoms. The summed E-state index contributed by atoms with van der Waals surface area (Å²) in [5.74, 6) is -0.217. The van der Waals surface area contributed by atoms with E-state index in [9.17, 15) is 4.79 Å². The lowest BCUT2D eigenvalue weighted by Gasteiger charge is -2.06. The zero-order valence-electron chi connectivity index (χ0n) is 11.5. The Morgan fingerprint density at radius 2 is 1.45 bits per heavy atom. The molecule has 22 heavy (non-hydrogen) atoms. The van der Waals surface area contributed by atoms with E-state index in [0.29, 0.717) is 11.3 Å². The van der Waals surface area contributed by atoms with Gasteiger partial charge in [-0.1, -0.05) is 42.5 Å². The largest absolute Gasteiger partial charge is 0.319 e. The molecule has 0 aliphatic heterocycles. The van der Waals surface area contributed by atoms with E-state index in [2.05, 4.69) is 15.3 Å². The summed E-state index contributed by atoms with van der Waals surface area (Å²) in [5, 5.41) is 2.87. The number of rotatable bonds is 3. The summed E-state index contributed by atoms with van der Waals surface area (Å²) in [6.07, 6.45) is 2.93. The fraction of sp³-hybridized carbons (Fsp3) is 0. The number of nitrogens with zero attached hydrogens (tertiary/aromatic N) is 2. The molecule has 0 unspecified atom stereocenters. The monoisotopic (exact) mass is 309 g/mol. The van der Waals surface area contributed by atoms with E-state index in [0.717, 1.165) is 11.1 Å². The number of nitrogens with one attached hydrogen (secondary N) is 1. The standard InChI is InChI=1S/C17H12ClN3O/c18-17-19-10-15(11-20-17)21-16(22)14-8-6-13(7-9-14)12-4-2-1-3-5-12/h1-11H,(H,21,22). The van der Waals surface area contributed by atoms with E-state index < -0.39 is 0 Å². The smallest absolute Gasteiger partial charge is 0.255 e. The molecule has 1 heterocycles. The van der Waals surface area contributed by atoms with Crippen molar-refractivity contribution in [1.29, 1.82) is 0 Å². The average Bonchev–Trinajstić information content (AvgIpc) is 2.58. The summed E-state index contributed by atoms with van der Waals surface area (Å²) >= 11 is 5.61. The number of benzene rings is 2. The van der Waals surface area contributed by atoms with Crippen molar-refractivity contribution >= 4 is 23.2 Å². The summed E-state index contributed by atoms with van der Waals surface area (Å²) in [5.41, 5.74) is 3.24. The molecule has 0 fully saturated rings. The molecule has 3 aromatic rings. The summed E-state index contributed by atoms with van der Waals surface area (Å²) in [6, 6.07) is 17.4. The molecule has 1 aromatic heterocycles. The number of hydrogen-bond donors (Lipinski definition) is 1. The second kappa shape index (κ2) is 6.37. The molecule has 1 N–H and O–H groups in total. The summed E-state index contributed by atoms with van der Waals surface area (Å²) in [7, 11) is 0. The van der Waals surface area contributed by atoms with Crippen LogP contribution in [0.1, 0.15) is 10.4 Å². The van der Waals surface area contributed by atoms with Gasteiger partial charge in [0.1, 0.15) is 0 Å². The molecule has 0 aliphatic rings. The second-order valence-electron chi connectivity index (χ2n) is 4.64. The lowest BCUT2D eigenvalue weighted by atomic mass is 10.0. The Balaban J connectivity index is 1.75. The number of halogens is 1. The molecule has 0 saturated carbocycles. The van der Waals surface area contributed by atoms with Crippen molar-refractivity contribution in [2.75, 3.05) is 5.32 Å². The number of carbonyl (C=O) groups excluding carboxylic acids is 1. The minimum Gasteiger partial charge on any atom is -0.319 e. The van der Waals surface area contributed by atoms with E-state index in [4.69, 9.17) is 11.6 Å². The van der Waals surface area contributed by atoms with Gasteiger partial charge in [0.25, 0.3) is 5.91 Å². The molecule has 2 aromatic carbocycles. The second-order valence-corrected chi connectivity index (χ2v) is 4.98. The van der Waals surface area contributed by atoms with Gasteiger partial charge in [-0.2, -0.15) is 0 Å². The zero-order chi connectivity index (χ0) is 15.4. The van der Waals surface area contributed by atoms with Crippen LogP contribution in [0.25, 0.3) is 11.1 Å². The maximum absolute atomic E-state index is 12.1. The van der Waals surface area contributed by atoms with Crippen molar-refractivity contribution in [2.24, 2.45) is 0 Å². The first-order valence-corrected chi connectivity index (χ1v) is 7.04. The molecule has 0 aliphatic carbocycles. The third kappa shape index (κ3) is 3.30. The van der Waals surface area contributed by atoms with Crippen molar-refractivity contribution in [3.8, 4) is 11.1 Å². The minimum absolute atomic E-state index is 0.144. The normalized spacial score (nSPS) is 10.2. The number of aromatic nitrogens is 2. The predicted octanol–water partition coefficient (Wildman–Crippen LogP) is 4.05. The topological polar surface area (TPSA) is 54.9 Å². The molecule has 0 bridgehead atoms. The lowest BCUT2D eigenvalue weighted by Crippen LogP contribution is -2.12.